The molecule has 0 aliphatic carbocycles. The van der Waals surface area contributed by atoms with Gasteiger partial charge in [0.15, 0.2) is 9.84 Å². The highest BCUT2D eigenvalue weighted by molar-refractivity contribution is 14.1. The summed E-state index contributed by atoms with van der Waals surface area (Å²) in [6.45, 7) is 1.64. The second-order valence-corrected chi connectivity index (χ2v) is 6.08. The average Bonchev–Trinajstić information content (AvgIpc) is 2.19. The predicted octanol–water partition coefficient (Wildman–Crippen LogP) is 2.85. The van der Waals surface area contributed by atoms with Crippen molar-refractivity contribution < 1.29 is 8.42 Å². The molecule has 0 N–H and O–H groups in total. The maximum atomic E-state index is 11.3. The third kappa shape index (κ3) is 3.42. The Morgan fingerprint density at radius 1 is 1.36 bits per heavy atom. The smallest absolute Gasteiger partial charge is 0.172 e. The Kier molecular flexibility index (Phi) is 4.12. The van der Waals surface area contributed by atoms with Crippen LogP contribution in [0.3, 0.4) is 0 Å². The maximum absolute atomic E-state index is 11.3. The van der Waals surface area contributed by atoms with Crippen LogP contribution < -0.4 is 0 Å². The molecule has 14 heavy (non-hydrogen) atoms. The van der Waals surface area contributed by atoms with Gasteiger partial charge in [-0.3, -0.25) is 0 Å². The standard InChI is InChI=1S/C10H11IO2S/c1-2-14(12,13)8-10(11)9-6-4-3-5-7-9/h3-8H,2H2,1H3. The molecule has 0 saturated carbocycles. The van der Waals surface area contributed by atoms with Crippen LogP contribution in [0.2, 0.25) is 0 Å². The monoisotopic (exact) mass is 322 g/mol. The lowest BCUT2D eigenvalue weighted by molar-refractivity contribution is 0.606. The molecule has 2 nitrogen and oxygen atoms in total. The average molecular weight is 322 g/mol. The van der Waals surface area contributed by atoms with E-state index < -0.39 is 9.84 Å². The number of rotatable bonds is 3. The van der Waals surface area contributed by atoms with Gasteiger partial charge in [0.25, 0.3) is 0 Å². The molecule has 0 spiro atoms. The first kappa shape index (κ1) is 11.7. The molecule has 0 aliphatic heterocycles. The summed E-state index contributed by atoms with van der Waals surface area (Å²) in [4.78, 5) is 0. The molecule has 0 radical (unpaired) electrons. The fraction of sp³-hybridized carbons (Fsp3) is 0.200. The molecule has 0 unspecified atom stereocenters. The summed E-state index contributed by atoms with van der Waals surface area (Å²) < 4.78 is 23.4. The number of hydrogen-bond donors (Lipinski definition) is 0. The molecule has 1 rings (SSSR count). The molecule has 1 aromatic rings. The van der Waals surface area contributed by atoms with Crippen LogP contribution in [0.5, 0.6) is 0 Å². The van der Waals surface area contributed by atoms with Crippen LogP contribution in [0.25, 0.3) is 3.58 Å². The topological polar surface area (TPSA) is 34.1 Å². The van der Waals surface area contributed by atoms with E-state index in [1.807, 2.05) is 52.9 Å². The van der Waals surface area contributed by atoms with Crippen molar-refractivity contribution in [2.45, 2.75) is 6.92 Å². The van der Waals surface area contributed by atoms with Crippen molar-refractivity contribution in [1.82, 2.24) is 0 Å². The summed E-state index contributed by atoms with van der Waals surface area (Å²) in [5.74, 6) is 0.145. The largest absolute Gasteiger partial charge is 0.224 e. The van der Waals surface area contributed by atoms with Crippen LogP contribution in [-0.4, -0.2) is 14.2 Å². The fourth-order valence-corrected chi connectivity index (χ4v) is 3.05. The Labute approximate surface area is 98.1 Å². The summed E-state index contributed by atoms with van der Waals surface area (Å²) in [6.07, 6.45) is 0. The molecule has 76 valence electrons. The molecule has 0 heterocycles. The highest BCUT2D eigenvalue weighted by Gasteiger charge is 2.05. The molecule has 4 heteroatoms. The van der Waals surface area contributed by atoms with E-state index in [2.05, 4.69) is 0 Å². The van der Waals surface area contributed by atoms with Gasteiger partial charge in [0.2, 0.25) is 0 Å². The molecular weight excluding hydrogens is 311 g/mol. The summed E-state index contributed by atoms with van der Waals surface area (Å²) in [7, 11) is -3.04. The van der Waals surface area contributed by atoms with E-state index in [4.69, 9.17) is 0 Å². The Morgan fingerprint density at radius 2 is 1.93 bits per heavy atom. The lowest BCUT2D eigenvalue weighted by Gasteiger charge is -1.99. The SMILES string of the molecule is CCS(=O)(=O)C=C(I)c1ccccc1. The molecule has 0 aliphatic rings. The molecule has 0 amide bonds. The van der Waals surface area contributed by atoms with E-state index in [1.54, 1.807) is 6.92 Å². The van der Waals surface area contributed by atoms with Gasteiger partial charge in [-0.1, -0.05) is 37.3 Å². The zero-order valence-electron chi connectivity index (χ0n) is 7.77. The third-order valence-electron chi connectivity index (χ3n) is 1.73. The van der Waals surface area contributed by atoms with Crippen LogP contribution in [0.1, 0.15) is 12.5 Å². The molecular formula is C10H11IO2S. The van der Waals surface area contributed by atoms with E-state index in [9.17, 15) is 8.42 Å². The first-order chi connectivity index (χ1) is 6.55. The first-order valence-corrected chi connectivity index (χ1v) is 7.00. The lowest BCUT2D eigenvalue weighted by atomic mass is 10.2. The van der Waals surface area contributed by atoms with Gasteiger partial charge in [0.1, 0.15) is 0 Å². The number of halogens is 1. The van der Waals surface area contributed by atoms with Crippen LogP contribution in [0.4, 0.5) is 0 Å². The second kappa shape index (κ2) is 4.93. The van der Waals surface area contributed by atoms with Gasteiger partial charge in [-0.05, 0) is 28.2 Å². The van der Waals surface area contributed by atoms with Gasteiger partial charge in [-0.15, -0.1) is 0 Å². The van der Waals surface area contributed by atoms with Crippen molar-refractivity contribution in [3.63, 3.8) is 0 Å². The van der Waals surface area contributed by atoms with Crippen molar-refractivity contribution in [2.75, 3.05) is 5.75 Å². The molecule has 1 aromatic carbocycles. The zero-order valence-corrected chi connectivity index (χ0v) is 10.7. The predicted molar refractivity (Wildman–Crippen MR) is 67.9 cm³/mol. The molecule has 0 fully saturated rings. The minimum atomic E-state index is -3.04. The summed E-state index contributed by atoms with van der Waals surface area (Å²) in [5, 5.41) is 1.32. The molecule has 0 aromatic heterocycles. The fourth-order valence-electron chi connectivity index (χ4n) is 0.906. The highest BCUT2D eigenvalue weighted by Crippen LogP contribution is 2.22. The van der Waals surface area contributed by atoms with Gasteiger partial charge in [0.05, 0.1) is 5.75 Å². The lowest BCUT2D eigenvalue weighted by Crippen LogP contribution is -1.97. The van der Waals surface area contributed by atoms with Crippen LogP contribution in [0.15, 0.2) is 35.7 Å². The zero-order chi connectivity index (χ0) is 10.6. The van der Waals surface area contributed by atoms with E-state index in [1.165, 1.54) is 5.41 Å². The summed E-state index contributed by atoms with van der Waals surface area (Å²) in [6, 6.07) is 9.47. The number of hydrogen-bond acceptors (Lipinski definition) is 2. The summed E-state index contributed by atoms with van der Waals surface area (Å²) >= 11 is 2.04. The van der Waals surface area contributed by atoms with Gasteiger partial charge >= 0.3 is 0 Å². The van der Waals surface area contributed by atoms with Gasteiger partial charge in [-0.2, -0.15) is 0 Å². The van der Waals surface area contributed by atoms with Crippen molar-refractivity contribution in [2.24, 2.45) is 0 Å². The molecule has 0 saturated heterocycles. The summed E-state index contributed by atoms with van der Waals surface area (Å²) in [5.41, 5.74) is 0.935. The van der Waals surface area contributed by atoms with Gasteiger partial charge in [-0.25, -0.2) is 8.42 Å². The van der Waals surface area contributed by atoms with Crippen LogP contribution in [0, 0.1) is 0 Å². The van der Waals surface area contributed by atoms with E-state index >= 15 is 0 Å². The normalized spacial score (nSPS) is 12.9. The van der Waals surface area contributed by atoms with Crippen molar-refractivity contribution >= 4 is 36.0 Å². The minimum Gasteiger partial charge on any atom is -0.224 e. The Bertz CT molecular complexity index is 421. The van der Waals surface area contributed by atoms with Crippen LogP contribution >= 0.6 is 22.6 Å². The Balaban J connectivity index is 3.03. The number of sulfone groups is 1. The van der Waals surface area contributed by atoms with Gasteiger partial charge in [0, 0.05) is 8.99 Å². The second-order valence-electron chi connectivity index (χ2n) is 2.78. The first-order valence-electron chi connectivity index (χ1n) is 4.20. The van der Waals surface area contributed by atoms with Crippen molar-refractivity contribution in [3.05, 3.63) is 41.3 Å². The van der Waals surface area contributed by atoms with Crippen molar-refractivity contribution in [3.8, 4) is 0 Å². The molecule has 0 bridgehead atoms. The molecule has 0 atom stereocenters. The van der Waals surface area contributed by atoms with E-state index in [0.29, 0.717) is 0 Å². The quantitative estimate of drug-likeness (QED) is 0.802. The van der Waals surface area contributed by atoms with Gasteiger partial charge < -0.3 is 0 Å². The minimum absolute atomic E-state index is 0.145. The van der Waals surface area contributed by atoms with E-state index in [0.717, 1.165) is 9.14 Å². The highest BCUT2D eigenvalue weighted by atomic mass is 127. The Hall–Kier alpha value is -0.360. The number of benzene rings is 1. The Morgan fingerprint density at radius 3 is 2.43 bits per heavy atom. The third-order valence-corrected chi connectivity index (χ3v) is 4.49. The van der Waals surface area contributed by atoms with Crippen LogP contribution in [-0.2, 0) is 9.84 Å². The van der Waals surface area contributed by atoms with Crippen molar-refractivity contribution in [1.29, 1.82) is 0 Å². The van der Waals surface area contributed by atoms with E-state index in [-0.39, 0.29) is 5.75 Å². The maximum Gasteiger partial charge on any atom is 0.172 e.